The summed E-state index contributed by atoms with van der Waals surface area (Å²) in [6, 6.07) is 12.1. The van der Waals surface area contributed by atoms with E-state index in [0.717, 1.165) is 24.0 Å². The first-order chi connectivity index (χ1) is 18.1. The van der Waals surface area contributed by atoms with Crippen LogP contribution in [0.4, 0.5) is 4.39 Å². The smallest absolute Gasteiger partial charge is 0.311 e. The molecule has 1 N–H and O–H groups in total. The molecule has 1 saturated carbocycles. The quantitative estimate of drug-likeness (QED) is 0.332. The molecule has 0 amide bonds. The molecule has 3 heterocycles. The first-order valence-electron chi connectivity index (χ1n) is 12.7. The van der Waals surface area contributed by atoms with Crippen LogP contribution in [-0.4, -0.2) is 34.4 Å². The number of esters is 1. The third-order valence-electron chi connectivity index (χ3n) is 8.00. The number of rotatable bonds is 8. The molecule has 2 aliphatic heterocycles. The van der Waals surface area contributed by atoms with Gasteiger partial charge in [-0.2, -0.15) is 0 Å². The van der Waals surface area contributed by atoms with Crippen LogP contribution in [-0.2, 0) is 30.9 Å². The Morgan fingerprint density at radius 1 is 1.18 bits per heavy atom. The largest absolute Gasteiger partial charge is 0.481 e. The minimum atomic E-state index is -0.865. The molecule has 7 nitrogen and oxygen atoms in total. The second kappa shape index (κ2) is 10.2. The summed E-state index contributed by atoms with van der Waals surface area (Å²) in [6.45, 7) is 3.82. The van der Waals surface area contributed by atoms with Crippen LogP contribution in [0.15, 0.2) is 47.0 Å². The van der Waals surface area contributed by atoms with Gasteiger partial charge in [-0.25, -0.2) is 4.39 Å². The van der Waals surface area contributed by atoms with E-state index >= 15 is 4.39 Å². The van der Waals surface area contributed by atoms with Crippen molar-refractivity contribution >= 4 is 23.5 Å². The number of aryl methyl sites for hydroxylation is 1. The van der Waals surface area contributed by atoms with Crippen molar-refractivity contribution in [2.24, 2.45) is 0 Å². The van der Waals surface area contributed by atoms with E-state index in [1.165, 1.54) is 6.07 Å². The second-order valence-corrected chi connectivity index (χ2v) is 10.9. The summed E-state index contributed by atoms with van der Waals surface area (Å²) in [7, 11) is 0. The van der Waals surface area contributed by atoms with E-state index in [1.807, 2.05) is 12.1 Å². The van der Waals surface area contributed by atoms with Crippen molar-refractivity contribution in [3.63, 3.8) is 0 Å². The maximum absolute atomic E-state index is 15.5. The number of carbonyl (C=O) groups excluding carboxylic acids is 1. The molecule has 3 aromatic rings. The Labute approximate surface area is 224 Å². The van der Waals surface area contributed by atoms with Crippen LogP contribution < -0.4 is 0 Å². The summed E-state index contributed by atoms with van der Waals surface area (Å²) in [5, 5.41) is 13.8. The zero-order valence-corrected chi connectivity index (χ0v) is 22.0. The summed E-state index contributed by atoms with van der Waals surface area (Å²) >= 11 is 6.04. The van der Waals surface area contributed by atoms with Crippen molar-refractivity contribution < 1.29 is 33.1 Å². The van der Waals surface area contributed by atoms with Crippen molar-refractivity contribution in [3.05, 3.63) is 75.7 Å². The van der Waals surface area contributed by atoms with Gasteiger partial charge in [-0.05, 0) is 74.9 Å². The number of halogens is 2. The van der Waals surface area contributed by atoms with Gasteiger partial charge < -0.3 is 19.1 Å². The van der Waals surface area contributed by atoms with Crippen molar-refractivity contribution in [2.45, 2.75) is 69.5 Å². The molecule has 1 atom stereocenters. The molecule has 3 fully saturated rings. The van der Waals surface area contributed by atoms with Gasteiger partial charge in [0.2, 0.25) is 0 Å². The number of carboxylic acids is 1. The number of hydrogen-bond donors (Lipinski definition) is 1. The second-order valence-electron chi connectivity index (χ2n) is 10.5. The average Bonchev–Trinajstić information content (AvgIpc) is 3.23. The van der Waals surface area contributed by atoms with Gasteiger partial charge in [-0.3, -0.25) is 9.59 Å². The molecule has 38 heavy (non-hydrogen) atoms. The number of carboxylic acid groups (broad SMARTS) is 1. The lowest BCUT2D eigenvalue weighted by Gasteiger charge is -2.53. The molecule has 2 bridgehead atoms. The number of fused-ring (bicyclic) bond motifs is 3. The van der Waals surface area contributed by atoms with E-state index in [2.05, 4.69) is 5.16 Å². The minimum Gasteiger partial charge on any atom is -0.481 e. The van der Waals surface area contributed by atoms with E-state index in [1.54, 1.807) is 38.1 Å². The maximum Gasteiger partial charge on any atom is 0.311 e. The van der Waals surface area contributed by atoms with Crippen LogP contribution in [0.25, 0.3) is 11.3 Å². The molecule has 2 aromatic carbocycles. The Bertz CT molecular complexity index is 1360. The third kappa shape index (κ3) is 5.07. The fraction of sp³-hybridized carbons (Fsp3) is 0.414. The predicted molar refractivity (Wildman–Crippen MR) is 137 cm³/mol. The highest BCUT2D eigenvalue weighted by Crippen LogP contribution is 2.52. The summed E-state index contributed by atoms with van der Waals surface area (Å²) < 4.78 is 32.6. The first kappa shape index (κ1) is 26.4. The van der Waals surface area contributed by atoms with Crippen molar-refractivity contribution in [3.8, 4) is 11.3 Å². The van der Waals surface area contributed by atoms with Crippen LogP contribution in [0, 0.1) is 12.7 Å². The van der Waals surface area contributed by atoms with Gasteiger partial charge in [-0.15, -0.1) is 0 Å². The molecule has 1 aromatic heterocycles. The monoisotopic (exact) mass is 541 g/mol. The molecule has 1 aliphatic carbocycles. The van der Waals surface area contributed by atoms with Crippen molar-refractivity contribution in [1.29, 1.82) is 0 Å². The van der Waals surface area contributed by atoms with Gasteiger partial charge in [0.1, 0.15) is 11.9 Å². The van der Waals surface area contributed by atoms with Gasteiger partial charge in [0, 0.05) is 16.0 Å². The van der Waals surface area contributed by atoms with Crippen LogP contribution >= 0.6 is 11.6 Å². The molecular weight excluding hydrogens is 513 g/mol. The molecule has 6 rings (SSSR count). The highest BCUT2D eigenvalue weighted by Gasteiger charge is 2.51. The summed E-state index contributed by atoms with van der Waals surface area (Å²) in [5.41, 5.74) is 1.78. The Kier molecular flexibility index (Phi) is 7.05. The predicted octanol–water partition coefficient (Wildman–Crippen LogP) is 6.34. The number of benzene rings is 2. The Balaban J connectivity index is 1.32. The Morgan fingerprint density at radius 3 is 2.58 bits per heavy atom. The highest BCUT2D eigenvalue weighted by atomic mass is 35.5. The number of aliphatic carboxylic acids is 1. The Hall–Kier alpha value is -3.23. The molecule has 0 spiro atoms. The first-order valence-corrected chi connectivity index (χ1v) is 13.0. The lowest BCUT2D eigenvalue weighted by atomic mass is 9.62. The van der Waals surface area contributed by atoms with Gasteiger partial charge in [0.05, 0.1) is 36.3 Å². The third-order valence-corrected chi connectivity index (χ3v) is 8.24. The van der Waals surface area contributed by atoms with E-state index in [4.69, 9.17) is 25.6 Å². The van der Waals surface area contributed by atoms with Gasteiger partial charge in [-0.1, -0.05) is 35.0 Å². The fourth-order valence-electron chi connectivity index (χ4n) is 5.69. The molecule has 2 saturated heterocycles. The number of aromatic nitrogens is 1. The molecule has 200 valence electrons. The zero-order chi connectivity index (χ0) is 27.1. The van der Waals surface area contributed by atoms with Crippen molar-refractivity contribution in [2.75, 3.05) is 6.61 Å². The van der Waals surface area contributed by atoms with Crippen LogP contribution in [0.5, 0.6) is 0 Å². The lowest BCUT2D eigenvalue weighted by Crippen LogP contribution is -2.54. The van der Waals surface area contributed by atoms with E-state index < -0.39 is 29.5 Å². The van der Waals surface area contributed by atoms with E-state index in [0.29, 0.717) is 35.7 Å². The summed E-state index contributed by atoms with van der Waals surface area (Å²) in [6.07, 6.45) is 2.09. The molecular formula is C29H29ClFNO6. The number of ether oxygens (including phenoxy) is 2. The SMILES string of the molecule is Cc1noc(-c2ccc(C34CCC(CC(=O)O)(CC3)OC4)cc2F)c1CC(=O)OC(C)c1cccc(Cl)c1. The average molecular weight is 542 g/mol. The van der Waals surface area contributed by atoms with Gasteiger partial charge in [0.25, 0.3) is 0 Å². The summed E-state index contributed by atoms with van der Waals surface area (Å²) in [5.74, 6) is -1.65. The maximum atomic E-state index is 15.5. The van der Waals surface area contributed by atoms with Crippen molar-refractivity contribution in [1.82, 2.24) is 5.16 Å². The molecule has 9 heteroatoms. The Morgan fingerprint density at radius 2 is 1.95 bits per heavy atom. The number of carbonyl (C=O) groups is 2. The van der Waals surface area contributed by atoms with E-state index in [9.17, 15) is 14.7 Å². The molecule has 0 radical (unpaired) electrons. The molecule has 1 unspecified atom stereocenters. The lowest BCUT2D eigenvalue weighted by molar-refractivity contribution is -0.175. The van der Waals surface area contributed by atoms with Crippen LogP contribution in [0.2, 0.25) is 5.02 Å². The molecule has 3 aliphatic rings. The normalized spacial score (nSPS) is 23.3. The zero-order valence-electron chi connectivity index (χ0n) is 21.3. The number of hydrogen-bond acceptors (Lipinski definition) is 6. The minimum absolute atomic E-state index is 0.00962. The number of nitrogens with zero attached hydrogens (tertiary/aromatic N) is 1. The van der Waals surface area contributed by atoms with Crippen LogP contribution in [0.1, 0.15) is 67.5 Å². The van der Waals surface area contributed by atoms with Gasteiger partial charge >= 0.3 is 11.9 Å². The van der Waals surface area contributed by atoms with Gasteiger partial charge in [0.15, 0.2) is 5.76 Å². The van der Waals surface area contributed by atoms with E-state index in [-0.39, 0.29) is 29.6 Å². The highest BCUT2D eigenvalue weighted by molar-refractivity contribution is 6.30. The fourth-order valence-corrected chi connectivity index (χ4v) is 5.89. The summed E-state index contributed by atoms with van der Waals surface area (Å²) in [4.78, 5) is 24.0. The van der Waals surface area contributed by atoms with Crippen LogP contribution in [0.3, 0.4) is 0 Å². The topological polar surface area (TPSA) is 98.9 Å². The standard InChI is InChI=1S/C29H29ClFNO6/c1-17-23(14-26(35)37-18(2)19-4-3-5-21(30)12-19)27(38-32-17)22-7-6-20(13-24(22)31)28-8-10-29(11-9-28,36-16-28)15-25(33)34/h3-7,12-13,18H,8-11,14-16H2,1-2H3,(H,33,34).